The van der Waals surface area contributed by atoms with Gasteiger partial charge in [-0.05, 0) is 6.08 Å². The van der Waals surface area contributed by atoms with Crippen molar-refractivity contribution in [1.82, 2.24) is 4.98 Å². The molecule has 1 heterocycles. The standard InChI is InChI=1S/C15H13NO7/c1-21-9-6-8(17)13-12(14(9)19)11(15(20)23-3)7(16-13)4-5-10(18)22-2/h4-6,16H,1-3H3/b5-4+. The van der Waals surface area contributed by atoms with Crippen molar-refractivity contribution >= 4 is 29.6 Å². The Kier molecular flexibility index (Phi) is 4.44. The van der Waals surface area contributed by atoms with E-state index >= 15 is 0 Å². The maximum atomic E-state index is 12.4. The summed E-state index contributed by atoms with van der Waals surface area (Å²) in [6.45, 7) is 0. The SMILES string of the molecule is COC(=O)/C=C/c1[nH]c2c(c1C(=O)OC)C(=O)C(OC)=CC2=O. The molecule has 1 aliphatic rings. The zero-order valence-electron chi connectivity index (χ0n) is 12.6. The lowest BCUT2D eigenvalue weighted by Crippen LogP contribution is -2.20. The van der Waals surface area contributed by atoms with Crippen molar-refractivity contribution in [3.63, 3.8) is 0 Å². The molecule has 1 aliphatic carbocycles. The van der Waals surface area contributed by atoms with Gasteiger partial charge in [-0.3, -0.25) is 9.59 Å². The number of H-pyrrole nitrogens is 1. The summed E-state index contributed by atoms with van der Waals surface area (Å²) in [5.41, 5.74) is -0.283. The molecule has 120 valence electrons. The maximum absolute atomic E-state index is 12.4. The molecule has 0 atom stereocenters. The highest BCUT2D eigenvalue weighted by molar-refractivity contribution is 6.26. The summed E-state index contributed by atoms with van der Waals surface area (Å²) in [5, 5.41) is 0. The molecular formula is C15H13NO7. The van der Waals surface area contributed by atoms with Gasteiger partial charge >= 0.3 is 11.9 Å². The third-order valence-electron chi connectivity index (χ3n) is 3.19. The van der Waals surface area contributed by atoms with Crippen LogP contribution in [-0.4, -0.2) is 49.8 Å². The van der Waals surface area contributed by atoms with Crippen LogP contribution in [0.25, 0.3) is 6.08 Å². The second kappa shape index (κ2) is 6.30. The summed E-state index contributed by atoms with van der Waals surface area (Å²) >= 11 is 0. The Morgan fingerprint density at radius 1 is 1.13 bits per heavy atom. The van der Waals surface area contributed by atoms with E-state index in [2.05, 4.69) is 14.5 Å². The number of hydrogen-bond acceptors (Lipinski definition) is 7. The number of carbonyl (C=O) groups is 4. The minimum atomic E-state index is -0.828. The van der Waals surface area contributed by atoms with Crippen LogP contribution in [0.15, 0.2) is 17.9 Å². The molecule has 0 aliphatic heterocycles. The van der Waals surface area contributed by atoms with Gasteiger partial charge in [-0.15, -0.1) is 0 Å². The number of aromatic amines is 1. The van der Waals surface area contributed by atoms with Crippen LogP contribution in [-0.2, 0) is 19.0 Å². The Morgan fingerprint density at radius 2 is 1.83 bits per heavy atom. The number of rotatable bonds is 4. The van der Waals surface area contributed by atoms with Gasteiger partial charge in [0.25, 0.3) is 0 Å². The summed E-state index contributed by atoms with van der Waals surface area (Å²) < 4.78 is 14.0. The van der Waals surface area contributed by atoms with Crippen molar-refractivity contribution < 1.29 is 33.4 Å². The molecule has 0 spiro atoms. The van der Waals surface area contributed by atoms with Gasteiger partial charge in [-0.25, -0.2) is 9.59 Å². The number of allylic oxidation sites excluding steroid dienone is 2. The van der Waals surface area contributed by atoms with Gasteiger partial charge in [0.1, 0.15) is 0 Å². The van der Waals surface area contributed by atoms with Crippen LogP contribution in [0.3, 0.4) is 0 Å². The van der Waals surface area contributed by atoms with Gasteiger partial charge in [-0.1, -0.05) is 0 Å². The topological polar surface area (TPSA) is 112 Å². The predicted molar refractivity (Wildman–Crippen MR) is 76.9 cm³/mol. The number of fused-ring (bicyclic) bond motifs is 1. The van der Waals surface area contributed by atoms with Crippen LogP contribution in [0.5, 0.6) is 0 Å². The van der Waals surface area contributed by atoms with E-state index in [0.717, 1.165) is 19.3 Å². The maximum Gasteiger partial charge on any atom is 0.340 e. The summed E-state index contributed by atoms with van der Waals surface area (Å²) in [7, 11) is 3.57. The number of hydrogen-bond donors (Lipinski definition) is 1. The van der Waals surface area contributed by atoms with E-state index in [4.69, 9.17) is 4.74 Å². The Bertz CT molecular complexity index is 767. The van der Waals surface area contributed by atoms with E-state index in [1.165, 1.54) is 20.3 Å². The fourth-order valence-electron chi connectivity index (χ4n) is 2.12. The monoisotopic (exact) mass is 319 g/mol. The lowest BCUT2D eigenvalue weighted by Gasteiger charge is -2.11. The summed E-state index contributed by atoms with van der Waals surface area (Å²) in [4.78, 5) is 50.3. The molecule has 1 aromatic rings. The van der Waals surface area contributed by atoms with Gasteiger partial charge in [0, 0.05) is 12.2 Å². The highest BCUT2D eigenvalue weighted by Crippen LogP contribution is 2.28. The van der Waals surface area contributed by atoms with Crippen molar-refractivity contribution in [2.45, 2.75) is 0 Å². The van der Waals surface area contributed by atoms with Gasteiger partial charge in [0.2, 0.25) is 11.6 Å². The molecule has 0 amide bonds. The zero-order valence-corrected chi connectivity index (χ0v) is 12.6. The van der Waals surface area contributed by atoms with E-state index in [1.54, 1.807) is 0 Å². The fourth-order valence-corrected chi connectivity index (χ4v) is 2.12. The van der Waals surface area contributed by atoms with Crippen molar-refractivity contribution in [1.29, 1.82) is 0 Å². The van der Waals surface area contributed by atoms with Crippen LogP contribution < -0.4 is 0 Å². The number of Topliss-reactive ketones (excluding diaryl/α,β-unsaturated/α-hetero) is 1. The average Bonchev–Trinajstić information content (AvgIpc) is 2.95. The molecule has 0 unspecified atom stereocenters. The van der Waals surface area contributed by atoms with E-state index in [9.17, 15) is 19.2 Å². The molecular weight excluding hydrogens is 306 g/mol. The third kappa shape index (κ3) is 2.78. The molecule has 23 heavy (non-hydrogen) atoms. The average molecular weight is 319 g/mol. The van der Waals surface area contributed by atoms with Crippen molar-refractivity contribution in [3.8, 4) is 0 Å². The first-order chi connectivity index (χ1) is 10.9. The number of ether oxygens (including phenoxy) is 3. The Balaban J connectivity index is 2.65. The first-order valence-corrected chi connectivity index (χ1v) is 6.39. The molecule has 0 aromatic carbocycles. The van der Waals surface area contributed by atoms with Crippen LogP contribution >= 0.6 is 0 Å². The van der Waals surface area contributed by atoms with Crippen LogP contribution in [0.2, 0.25) is 0 Å². The Morgan fingerprint density at radius 3 is 2.39 bits per heavy atom. The van der Waals surface area contributed by atoms with Crippen LogP contribution in [0, 0.1) is 0 Å². The number of esters is 2. The van der Waals surface area contributed by atoms with E-state index < -0.39 is 23.5 Å². The Labute approximate surface area is 130 Å². The highest BCUT2D eigenvalue weighted by atomic mass is 16.5. The number of ketones is 2. The first-order valence-electron chi connectivity index (χ1n) is 6.39. The van der Waals surface area contributed by atoms with E-state index in [-0.39, 0.29) is 28.3 Å². The summed E-state index contributed by atoms with van der Waals surface area (Å²) in [5.74, 6) is -2.83. The smallest absolute Gasteiger partial charge is 0.340 e. The van der Waals surface area contributed by atoms with Gasteiger partial charge < -0.3 is 19.2 Å². The van der Waals surface area contributed by atoms with Crippen LogP contribution in [0.1, 0.15) is 36.9 Å². The lowest BCUT2D eigenvalue weighted by atomic mass is 9.96. The first kappa shape index (κ1) is 16.2. The molecule has 0 bridgehead atoms. The Hall–Kier alpha value is -3.16. The predicted octanol–water partition coefficient (Wildman–Crippen LogP) is 0.897. The summed E-state index contributed by atoms with van der Waals surface area (Å²) in [6, 6.07) is 0. The largest absolute Gasteiger partial charge is 0.492 e. The van der Waals surface area contributed by atoms with Crippen molar-refractivity contribution in [2.24, 2.45) is 0 Å². The molecule has 0 saturated heterocycles. The number of nitrogens with one attached hydrogen (secondary N) is 1. The van der Waals surface area contributed by atoms with Gasteiger partial charge in [0.05, 0.1) is 43.8 Å². The molecule has 8 heteroatoms. The van der Waals surface area contributed by atoms with Gasteiger partial charge in [0.15, 0.2) is 5.76 Å². The molecule has 0 fully saturated rings. The highest BCUT2D eigenvalue weighted by Gasteiger charge is 2.35. The molecule has 1 aromatic heterocycles. The number of methoxy groups -OCH3 is 3. The normalized spacial score (nSPS) is 13.6. The van der Waals surface area contributed by atoms with Crippen LogP contribution in [0.4, 0.5) is 0 Å². The third-order valence-corrected chi connectivity index (χ3v) is 3.19. The molecule has 8 nitrogen and oxygen atoms in total. The molecule has 0 saturated carbocycles. The van der Waals surface area contributed by atoms with Crippen molar-refractivity contribution in [3.05, 3.63) is 40.4 Å². The minimum absolute atomic E-state index is 0.0688. The molecule has 0 radical (unpaired) electrons. The van der Waals surface area contributed by atoms with Gasteiger partial charge in [-0.2, -0.15) is 0 Å². The quantitative estimate of drug-likeness (QED) is 0.648. The number of aromatic nitrogens is 1. The second-order valence-electron chi connectivity index (χ2n) is 4.42. The summed E-state index contributed by atoms with van der Waals surface area (Å²) in [6.07, 6.45) is 3.29. The minimum Gasteiger partial charge on any atom is -0.492 e. The molecule has 1 N–H and O–H groups in total. The fraction of sp³-hybridized carbons (Fsp3) is 0.200. The van der Waals surface area contributed by atoms with Crippen molar-refractivity contribution in [2.75, 3.05) is 21.3 Å². The zero-order chi connectivity index (χ0) is 17.1. The van der Waals surface area contributed by atoms with E-state index in [0.29, 0.717) is 0 Å². The second-order valence-corrected chi connectivity index (χ2v) is 4.42. The lowest BCUT2D eigenvalue weighted by molar-refractivity contribution is -0.134. The van der Waals surface area contributed by atoms with E-state index in [1.807, 2.05) is 0 Å². The molecule has 2 rings (SSSR count). The number of carbonyl (C=O) groups excluding carboxylic acids is 4.